The van der Waals surface area contributed by atoms with Crippen LogP contribution in [0.25, 0.3) is 0 Å². The zero-order valence-electron chi connectivity index (χ0n) is 7.99. The third-order valence-corrected chi connectivity index (χ3v) is 4.00. The fourth-order valence-electron chi connectivity index (χ4n) is 2.04. The number of nitrogens with two attached hydrogens (primary N) is 1. The molecule has 2 unspecified atom stereocenters. The summed E-state index contributed by atoms with van der Waals surface area (Å²) in [5, 5.41) is 1.31. The highest BCUT2D eigenvalue weighted by atomic mass is 32.1. The Hall–Kier alpha value is -0.410. The maximum Gasteiger partial charge on any atom is 0.0959 e. The summed E-state index contributed by atoms with van der Waals surface area (Å²) >= 11 is 1.80. The lowest BCUT2D eigenvalue weighted by molar-refractivity contribution is 0.595. The Morgan fingerprint density at radius 2 is 2.46 bits per heavy atom. The van der Waals surface area contributed by atoms with Crippen LogP contribution in [0.5, 0.6) is 0 Å². The molecule has 72 valence electrons. The Balaban J connectivity index is 2.08. The second-order valence-electron chi connectivity index (χ2n) is 3.98. The average Bonchev–Trinajstić information content (AvgIpc) is 2.71. The van der Waals surface area contributed by atoms with Gasteiger partial charge in [-0.2, -0.15) is 0 Å². The van der Waals surface area contributed by atoms with E-state index in [9.17, 15) is 0 Å². The first kappa shape index (κ1) is 9.16. The van der Waals surface area contributed by atoms with Gasteiger partial charge in [0.15, 0.2) is 0 Å². The van der Waals surface area contributed by atoms with Gasteiger partial charge in [0.05, 0.1) is 5.01 Å². The lowest BCUT2D eigenvalue weighted by Gasteiger charge is -2.03. The normalized spacial score (nSPS) is 28.2. The summed E-state index contributed by atoms with van der Waals surface area (Å²) in [5.41, 5.74) is 5.56. The fourth-order valence-corrected chi connectivity index (χ4v) is 2.98. The summed E-state index contributed by atoms with van der Waals surface area (Å²) in [4.78, 5) is 5.66. The van der Waals surface area contributed by atoms with Crippen molar-refractivity contribution in [2.45, 2.75) is 38.6 Å². The van der Waals surface area contributed by atoms with Crippen LogP contribution in [0.2, 0.25) is 0 Å². The van der Waals surface area contributed by atoms with Crippen LogP contribution in [-0.4, -0.2) is 4.98 Å². The first-order valence-corrected chi connectivity index (χ1v) is 5.76. The number of aromatic nitrogens is 1. The van der Waals surface area contributed by atoms with Crippen LogP contribution in [0, 0.1) is 5.92 Å². The lowest BCUT2D eigenvalue weighted by Crippen LogP contribution is -1.92. The largest absolute Gasteiger partial charge is 0.326 e. The van der Waals surface area contributed by atoms with E-state index in [1.165, 1.54) is 29.1 Å². The first-order chi connectivity index (χ1) is 6.29. The third-order valence-electron chi connectivity index (χ3n) is 2.82. The lowest BCUT2D eigenvalue weighted by atomic mass is 10.1. The summed E-state index contributed by atoms with van der Waals surface area (Å²) < 4.78 is 0. The van der Waals surface area contributed by atoms with E-state index in [0.29, 0.717) is 6.54 Å². The van der Waals surface area contributed by atoms with Gasteiger partial charge in [0.25, 0.3) is 0 Å². The SMILES string of the molecule is CC1CCC(c2ncc(CN)s2)C1. The smallest absolute Gasteiger partial charge is 0.0959 e. The third kappa shape index (κ3) is 1.92. The minimum absolute atomic E-state index is 0.639. The second-order valence-corrected chi connectivity index (χ2v) is 5.13. The standard InChI is InChI=1S/C10H16N2S/c1-7-2-3-8(4-7)10-12-6-9(5-11)13-10/h6-8H,2-5,11H2,1H3. The van der Waals surface area contributed by atoms with Crippen molar-refractivity contribution >= 4 is 11.3 Å². The number of hydrogen-bond donors (Lipinski definition) is 1. The summed E-state index contributed by atoms with van der Waals surface area (Å²) in [5.74, 6) is 1.61. The molecule has 2 atom stereocenters. The molecule has 1 fully saturated rings. The van der Waals surface area contributed by atoms with Gasteiger partial charge in [0, 0.05) is 23.5 Å². The van der Waals surface area contributed by atoms with E-state index >= 15 is 0 Å². The van der Waals surface area contributed by atoms with Crippen molar-refractivity contribution in [2.24, 2.45) is 11.7 Å². The van der Waals surface area contributed by atoms with E-state index in [2.05, 4.69) is 11.9 Å². The van der Waals surface area contributed by atoms with E-state index in [0.717, 1.165) is 11.8 Å². The van der Waals surface area contributed by atoms with Gasteiger partial charge in [-0.3, -0.25) is 0 Å². The fraction of sp³-hybridized carbons (Fsp3) is 0.700. The Morgan fingerprint density at radius 3 is 3.00 bits per heavy atom. The van der Waals surface area contributed by atoms with E-state index in [4.69, 9.17) is 5.73 Å². The first-order valence-electron chi connectivity index (χ1n) is 4.94. The van der Waals surface area contributed by atoms with Crippen molar-refractivity contribution in [3.63, 3.8) is 0 Å². The van der Waals surface area contributed by atoms with Gasteiger partial charge in [-0.05, 0) is 18.8 Å². The van der Waals surface area contributed by atoms with Crippen LogP contribution >= 0.6 is 11.3 Å². The van der Waals surface area contributed by atoms with Gasteiger partial charge in [-0.15, -0.1) is 11.3 Å². The minimum Gasteiger partial charge on any atom is -0.326 e. The van der Waals surface area contributed by atoms with Gasteiger partial charge in [-0.25, -0.2) is 4.98 Å². The maximum atomic E-state index is 5.56. The van der Waals surface area contributed by atoms with Gasteiger partial charge in [0.2, 0.25) is 0 Å². The molecule has 2 N–H and O–H groups in total. The summed E-state index contributed by atoms with van der Waals surface area (Å²) in [7, 11) is 0. The molecule has 0 spiro atoms. The van der Waals surface area contributed by atoms with Crippen LogP contribution in [0.3, 0.4) is 0 Å². The van der Waals surface area contributed by atoms with E-state index in [1.807, 2.05) is 6.20 Å². The molecule has 1 aromatic heterocycles. The van der Waals surface area contributed by atoms with E-state index in [1.54, 1.807) is 11.3 Å². The zero-order chi connectivity index (χ0) is 9.26. The topological polar surface area (TPSA) is 38.9 Å². The van der Waals surface area contributed by atoms with Gasteiger partial charge in [0.1, 0.15) is 0 Å². The number of nitrogens with zero attached hydrogens (tertiary/aromatic N) is 1. The predicted molar refractivity (Wildman–Crippen MR) is 55.8 cm³/mol. The molecule has 13 heavy (non-hydrogen) atoms. The molecule has 1 heterocycles. The van der Waals surface area contributed by atoms with Crippen molar-refractivity contribution in [3.8, 4) is 0 Å². The van der Waals surface area contributed by atoms with Crippen LogP contribution in [-0.2, 0) is 6.54 Å². The molecule has 1 saturated carbocycles. The van der Waals surface area contributed by atoms with E-state index in [-0.39, 0.29) is 0 Å². The Kier molecular flexibility index (Phi) is 2.65. The van der Waals surface area contributed by atoms with E-state index < -0.39 is 0 Å². The molecule has 0 amide bonds. The van der Waals surface area contributed by atoms with Crippen molar-refractivity contribution in [2.75, 3.05) is 0 Å². The van der Waals surface area contributed by atoms with Crippen molar-refractivity contribution in [1.29, 1.82) is 0 Å². The highest BCUT2D eigenvalue weighted by Gasteiger charge is 2.24. The average molecular weight is 196 g/mol. The second kappa shape index (κ2) is 3.76. The quantitative estimate of drug-likeness (QED) is 0.789. The molecule has 1 aliphatic carbocycles. The molecule has 0 saturated heterocycles. The Morgan fingerprint density at radius 1 is 1.62 bits per heavy atom. The molecule has 0 bridgehead atoms. The predicted octanol–water partition coefficient (Wildman–Crippen LogP) is 2.51. The van der Waals surface area contributed by atoms with Crippen molar-refractivity contribution in [1.82, 2.24) is 4.98 Å². The molecule has 3 heteroatoms. The maximum absolute atomic E-state index is 5.56. The van der Waals surface area contributed by atoms with Crippen molar-refractivity contribution < 1.29 is 0 Å². The summed E-state index contributed by atoms with van der Waals surface area (Å²) in [6.45, 7) is 2.97. The van der Waals surface area contributed by atoms with Gasteiger partial charge < -0.3 is 5.73 Å². The monoisotopic (exact) mass is 196 g/mol. The van der Waals surface area contributed by atoms with Crippen molar-refractivity contribution in [3.05, 3.63) is 16.1 Å². The minimum atomic E-state index is 0.639. The number of rotatable bonds is 2. The van der Waals surface area contributed by atoms with Crippen LogP contribution in [0.1, 0.15) is 42.0 Å². The zero-order valence-corrected chi connectivity index (χ0v) is 8.81. The molecular formula is C10H16N2S. The molecule has 0 radical (unpaired) electrons. The highest BCUT2D eigenvalue weighted by Crippen LogP contribution is 2.39. The van der Waals surface area contributed by atoms with Crippen LogP contribution in [0.15, 0.2) is 6.20 Å². The molecule has 0 aliphatic heterocycles. The molecule has 2 nitrogen and oxygen atoms in total. The molecule has 2 rings (SSSR count). The Labute approximate surface area is 83.2 Å². The summed E-state index contributed by atoms with van der Waals surface area (Å²) in [6.07, 6.45) is 5.93. The molecular weight excluding hydrogens is 180 g/mol. The molecule has 1 aliphatic rings. The number of thiazole rings is 1. The highest BCUT2D eigenvalue weighted by molar-refractivity contribution is 7.11. The Bertz CT molecular complexity index is 282. The van der Waals surface area contributed by atoms with Crippen LogP contribution < -0.4 is 5.73 Å². The molecule has 1 aromatic rings. The summed E-state index contributed by atoms with van der Waals surface area (Å²) in [6, 6.07) is 0. The molecule has 0 aromatic carbocycles. The van der Waals surface area contributed by atoms with Gasteiger partial charge >= 0.3 is 0 Å². The van der Waals surface area contributed by atoms with Gasteiger partial charge in [-0.1, -0.05) is 13.3 Å². The number of hydrogen-bond acceptors (Lipinski definition) is 3. The van der Waals surface area contributed by atoms with Crippen LogP contribution in [0.4, 0.5) is 0 Å².